The smallest absolute Gasteiger partial charge is 0.131 e. The molecule has 112 valence electrons. The summed E-state index contributed by atoms with van der Waals surface area (Å²) in [6.07, 6.45) is 0. The van der Waals surface area contributed by atoms with Crippen LogP contribution in [0.15, 0.2) is 30.3 Å². The monoisotopic (exact) mass is 291 g/mol. The maximum atomic E-state index is 14.1. The van der Waals surface area contributed by atoms with Crippen molar-refractivity contribution in [3.8, 4) is 5.75 Å². The molecule has 0 aromatic heterocycles. The number of hydrogen-bond acceptors (Lipinski definition) is 2. The van der Waals surface area contributed by atoms with Crippen molar-refractivity contribution in [2.75, 3.05) is 14.2 Å². The summed E-state index contributed by atoms with van der Waals surface area (Å²) in [4.78, 5) is 0. The Morgan fingerprint density at radius 1 is 1.05 bits per heavy atom. The molecule has 0 amide bonds. The van der Waals surface area contributed by atoms with Crippen LogP contribution in [0.5, 0.6) is 5.75 Å². The van der Waals surface area contributed by atoms with Crippen LogP contribution in [0.1, 0.15) is 28.3 Å². The van der Waals surface area contributed by atoms with Crippen LogP contribution in [0.25, 0.3) is 0 Å². The van der Waals surface area contributed by atoms with Gasteiger partial charge in [0.1, 0.15) is 17.4 Å². The molecule has 2 aromatic carbocycles. The SMILES string of the molecule is CNC(c1c(F)cccc1F)c1c(C)cc(C)cc1OC. The highest BCUT2D eigenvalue weighted by Gasteiger charge is 2.25. The molecule has 21 heavy (non-hydrogen) atoms. The van der Waals surface area contributed by atoms with E-state index < -0.39 is 17.7 Å². The van der Waals surface area contributed by atoms with E-state index in [1.54, 1.807) is 14.2 Å². The van der Waals surface area contributed by atoms with E-state index in [0.717, 1.165) is 16.7 Å². The second-order valence-electron chi connectivity index (χ2n) is 5.05. The van der Waals surface area contributed by atoms with Crippen molar-refractivity contribution in [3.63, 3.8) is 0 Å². The second-order valence-corrected chi connectivity index (χ2v) is 5.05. The number of hydrogen-bond donors (Lipinski definition) is 1. The fourth-order valence-corrected chi connectivity index (χ4v) is 2.70. The predicted octanol–water partition coefficient (Wildman–Crippen LogP) is 3.90. The third-order valence-electron chi connectivity index (χ3n) is 3.58. The van der Waals surface area contributed by atoms with E-state index in [1.807, 2.05) is 26.0 Å². The average Bonchev–Trinajstić information content (AvgIpc) is 2.43. The molecule has 0 aliphatic heterocycles. The van der Waals surface area contributed by atoms with Gasteiger partial charge in [-0.25, -0.2) is 8.78 Å². The van der Waals surface area contributed by atoms with Crippen LogP contribution in [0.3, 0.4) is 0 Å². The Balaban J connectivity index is 2.68. The van der Waals surface area contributed by atoms with Gasteiger partial charge in [0, 0.05) is 11.1 Å². The van der Waals surface area contributed by atoms with Crippen LogP contribution in [-0.4, -0.2) is 14.2 Å². The van der Waals surface area contributed by atoms with Crippen LogP contribution in [0.4, 0.5) is 8.78 Å². The lowest BCUT2D eigenvalue weighted by Crippen LogP contribution is -2.22. The Labute approximate surface area is 123 Å². The van der Waals surface area contributed by atoms with Crippen LogP contribution in [0, 0.1) is 25.5 Å². The number of rotatable bonds is 4. The highest BCUT2D eigenvalue weighted by molar-refractivity contribution is 5.49. The normalized spacial score (nSPS) is 12.3. The zero-order valence-corrected chi connectivity index (χ0v) is 12.6. The maximum Gasteiger partial charge on any atom is 0.131 e. The molecule has 0 saturated carbocycles. The largest absolute Gasteiger partial charge is 0.496 e. The zero-order valence-electron chi connectivity index (χ0n) is 12.6. The molecule has 2 rings (SSSR count). The summed E-state index contributed by atoms with van der Waals surface area (Å²) < 4.78 is 33.6. The molecule has 0 aliphatic rings. The molecule has 2 nitrogen and oxygen atoms in total. The molecule has 0 saturated heterocycles. The van der Waals surface area contributed by atoms with Crippen molar-refractivity contribution >= 4 is 0 Å². The highest BCUT2D eigenvalue weighted by Crippen LogP contribution is 2.35. The highest BCUT2D eigenvalue weighted by atomic mass is 19.1. The van der Waals surface area contributed by atoms with Gasteiger partial charge in [0.15, 0.2) is 0 Å². The van der Waals surface area contributed by atoms with E-state index >= 15 is 0 Å². The van der Waals surface area contributed by atoms with E-state index in [4.69, 9.17) is 4.74 Å². The Morgan fingerprint density at radius 2 is 1.67 bits per heavy atom. The third-order valence-corrected chi connectivity index (χ3v) is 3.58. The predicted molar refractivity (Wildman–Crippen MR) is 79.7 cm³/mol. The first-order valence-corrected chi connectivity index (χ1v) is 6.76. The van der Waals surface area contributed by atoms with Gasteiger partial charge in [0.25, 0.3) is 0 Å². The molecule has 0 spiro atoms. The number of aryl methyl sites for hydroxylation is 2. The molecule has 2 aromatic rings. The quantitative estimate of drug-likeness (QED) is 0.922. The number of nitrogens with one attached hydrogen (secondary N) is 1. The van der Waals surface area contributed by atoms with Crippen molar-refractivity contribution in [3.05, 3.63) is 64.2 Å². The number of methoxy groups -OCH3 is 1. The van der Waals surface area contributed by atoms with E-state index in [0.29, 0.717) is 5.75 Å². The van der Waals surface area contributed by atoms with Crippen molar-refractivity contribution in [1.29, 1.82) is 0 Å². The topological polar surface area (TPSA) is 21.3 Å². The fraction of sp³-hybridized carbons (Fsp3) is 0.294. The minimum atomic E-state index is -0.609. The maximum absolute atomic E-state index is 14.1. The molecule has 0 bridgehead atoms. The summed E-state index contributed by atoms with van der Waals surface area (Å²) >= 11 is 0. The lowest BCUT2D eigenvalue weighted by molar-refractivity contribution is 0.402. The average molecular weight is 291 g/mol. The van der Waals surface area contributed by atoms with Crippen LogP contribution in [0.2, 0.25) is 0 Å². The van der Waals surface area contributed by atoms with Gasteiger partial charge in [-0.15, -0.1) is 0 Å². The minimum absolute atomic E-state index is 0.00486. The van der Waals surface area contributed by atoms with Crippen molar-refractivity contribution < 1.29 is 13.5 Å². The molecule has 1 N–H and O–H groups in total. The molecule has 0 fully saturated rings. The Bertz CT molecular complexity index is 635. The molecule has 4 heteroatoms. The zero-order chi connectivity index (χ0) is 15.6. The van der Waals surface area contributed by atoms with Crippen molar-refractivity contribution in [2.45, 2.75) is 19.9 Å². The summed E-state index contributed by atoms with van der Waals surface area (Å²) in [7, 11) is 3.23. The van der Waals surface area contributed by atoms with Gasteiger partial charge in [-0.2, -0.15) is 0 Å². The van der Waals surface area contributed by atoms with E-state index in [1.165, 1.54) is 18.2 Å². The fourth-order valence-electron chi connectivity index (χ4n) is 2.70. The van der Waals surface area contributed by atoms with E-state index in [9.17, 15) is 8.78 Å². The van der Waals surface area contributed by atoms with Gasteiger partial charge in [0.2, 0.25) is 0 Å². The van der Waals surface area contributed by atoms with Crippen molar-refractivity contribution in [2.24, 2.45) is 0 Å². The Kier molecular flexibility index (Phi) is 4.58. The van der Waals surface area contributed by atoms with Gasteiger partial charge in [-0.1, -0.05) is 12.1 Å². The Morgan fingerprint density at radius 3 is 2.19 bits per heavy atom. The summed E-state index contributed by atoms with van der Waals surface area (Å²) in [6, 6.07) is 7.12. The van der Waals surface area contributed by atoms with Crippen LogP contribution < -0.4 is 10.1 Å². The standard InChI is InChI=1S/C17H19F2NO/c1-10-8-11(2)15(14(9-10)21-4)17(20-3)16-12(18)6-5-7-13(16)19/h5-9,17,20H,1-4H3. The molecular weight excluding hydrogens is 272 g/mol. The number of ether oxygens (including phenoxy) is 1. The lowest BCUT2D eigenvalue weighted by Gasteiger charge is -2.23. The van der Waals surface area contributed by atoms with Gasteiger partial charge < -0.3 is 10.1 Å². The summed E-state index contributed by atoms with van der Waals surface area (Å²) in [5, 5.41) is 2.99. The first kappa shape index (κ1) is 15.4. The molecular formula is C17H19F2NO. The summed E-state index contributed by atoms with van der Waals surface area (Å²) in [5.41, 5.74) is 2.71. The first-order valence-electron chi connectivity index (χ1n) is 6.76. The van der Waals surface area contributed by atoms with Crippen LogP contribution in [-0.2, 0) is 0 Å². The number of benzene rings is 2. The van der Waals surface area contributed by atoms with Gasteiger partial charge >= 0.3 is 0 Å². The van der Waals surface area contributed by atoms with Gasteiger partial charge in [0.05, 0.1) is 13.2 Å². The van der Waals surface area contributed by atoms with E-state index in [-0.39, 0.29) is 5.56 Å². The third kappa shape index (κ3) is 2.90. The number of halogens is 2. The van der Waals surface area contributed by atoms with Crippen LogP contribution >= 0.6 is 0 Å². The molecule has 0 radical (unpaired) electrons. The lowest BCUT2D eigenvalue weighted by atomic mass is 9.92. The minimum Gasteiger partial charge on any atom is -0.496 e. The first-order chi connectivity index (χ1) is 9.99. The van der Waals surface area contributed by atoms with Gasteiger partial charge in [-0.05, 0) is 50.2 Å². The summed E-state index contributed by atoms with van der Waals surface area (Å²) in [6.45, 7) is 3.87. The second kappa shape index (κ2) is 6.22. The molecule has 1 atom stereocenters. The summed E-state index contributed by atoms with van der Waals surface area (Å²) in [5.74, 6) is -0.526. The molecule has 0 aliphatic carbocycles. The van der Waals surface area contributed by atoms with Crippen molar-refractivity contribution in [1.82, 2.24) is 5.32 Å². The molecule has 1 unspecified atom stereocenters. The van der Waals surface area contributed by atoms with E-state index in [2.05, 4.69) is 5.32 Å². The molecule has 0 heterocycles. The Hall–Kier alpha value is -1.94. The van der Waals surface area contributed by atoms with Gasteiger partial charge in [-0.3, -0.25) is 0 Å².